The number of halogens is 2. The standard InChI is InChI=1S/C20H16O3.2C12H11IO3.C12H12O4/c1-20(2,3)15-5-4-11-6-13-9-16-17(19(22)23-18(16)21)10-14(13)7-12(11)8-15;1-12(2,3)8-5-6(13)4-7-9(8)11(15)16-10(7)14;1-12(2,3)6-4-7-9(8(13)5-6)11(15)16-10(7)14;1-12(2,3)8-5-6(13)4-7-9(8)11(15)16-10(7)14/h4-10H,1-3H3;2*4-5H,1-3H3;4-5,13H,1-3H3. The van der Waals surface area contributed by atoms with Crippen molar-refractivity contribution in [3.05, 3.63) is 153 Å². The number of rotatable bonds is 0. The average molecular weight is 1180 g/mol. The Balaban J connectivity index is 0.000000141. The molecule has 0 bridgehead atoms. The highest BCUT2D eigenvalue weighted by Crippen LogP contribution is 2.38. The van der Waals surface area contributed by atoms with Crippen molar-refractivity contribution in [3.8, 4) is 5.75 Å². The molecule has 4 heterocycles. The summed E-state index contributed by atoms with van der Waals surface area (Å²) in [4.78, 5) is 92.2. The molecule has 13 nitrogen and oxygen atoms in total. The molecule has 0 spiro atoms. The zero-order chi connectivity index (χ0) is 52.6. The summed E-state index contributed by atoms with van der Waals surface area (Å²) in [6.45, 7) is 24.5. The van der Waals surface area contributed by atoms with Crippen molar-refractivity contribution < 1.29 is 62.4 Å². The second-order valence-corrected chi connectivity index (χ2v) is 23.9. The lowest BCUT2D eigenvalue weighted by molar-refractivity contribution is 0.0425. The molecule has 0 aliphatic carbocycles. The largest absolute Gasteiger partial charge is 0.508 e. The molecule has 0 unspecified atom stereocenters. The summed E-state index contributed by atoms with van der Waals surface area (Å²) in [6, 6.07) is 24.1. The highest BCUT2D eigenvalue weighted by molar-refractivity contribution is 14.1. The number of aromatic hydroxyl groups is 1. The molecular weight excluding hydrogens is 1130 g/mol. The minimum Gasteiger partial charge on any atom is -0.508 e. The number of phenols is 1. The van der Waals surface area contributed by atoms with Crippen molar-refractivity contribution in [3.63, 3.8) is 0 Å². The summed E-state index contributed by atoms with van der Waals surface area (Å²) in [6.07, 6.45) is 0. The van der Waals surface area contributed by atoms with Gasteiger partial charge in [-0.25, -0.2) is 38.4 Å². The van der Waals surface area contributed by atoms with Crippen LogP contribution in [-0.4, -0.2) is 52.9 Å². The van der Waals surface area contributed by atoms with Crippen LogP contribution in [0, 0.1) is 7.14 Å². The summed E-state index contributed by atoms with van der Waals surface area (Å²) in [5.41, 5.74) is 6.03. The molecule has 0 radical (unpaired) electrons. The molecule has 10 rings (SSSR count). The molecule has 0 fully saturated rings. The summed E-state index contributed by atoms with van der Waals surface area (Å²) < 4.78 is 20.2. The monoisotopic (exact) mass is 1180 g/mol. The molecule has 1 N–H and O–H groups in total. The SMILES string of the molecule is CC(C)(C)c1cc(I)c2c(c1)C(=O)OC2=O.CC(C)(C)c1cc(I)cc2c1C(=O)OC2=O.CC(C)(C)c1cc(O)cc2c1C(=O)OC2=O.CC(C)(C)c1ccc2cc3cc4c(cc3cc2c1)C(=O)OC4=O. The molecule has 4 aliphatic rings. The number of ether oxygens (including phenoxy) is 4. The smallest absolute Gasteiger partial charge is 0.347 e. The van der Waals surface area contributed by atoms with Gasteiger partial charge < -0.3 is 24.1 Å². The van der Waals surface area contributed by atoms with E-state index in [2.05, 4.69) is 130 Å². The molecular formula is C56H50I2O13. The zero-order valence-corrected chi connectivity index (χ0v) is 45.4. The topological polar surface area (TPSA) is 194 Å². The fraction of sp³-hybridized carbons (Fsp3) is 0.286. The lowest BCUT2D eigenvalue weighted by Crippen LogP contribution is -2.16. The van der Waals surface area contributed by atoms with Crippen LogP contribution in [0.1, 0.15) is 188 Å². The van der Waals surface area contributed by atoms with E-state index in [1.54, 1.807) is 24.3 Å². The van der Waals surface area contributed by atoms with Crippen molar-refractivity contribution in [1.29, 1.82) is 0 Å². The van der Waals surface area contributed by atoms with Gasteiger partial charge in [0.15, 0.2) is 0 Å². The van der Waals surface area contributed by atoms with Crippen LogP contribution in [0.5, 0.6) is 5.75 Å². The number of hydrogen-bond donors (Lipinski definition) is 1. The highest BCUT2D eigenvalue weighted by Gasteiger charge is 2.38. The molecule has 0 amide bonds. The van der Waals surface area contributed by atoms with E-state index in [0.717, 1.165) is 39.8 Å². The zero-order valence-electron chi connectivity index (χ0n) is 41.1. The van der Waals surface area contributed by atoms with E-state index in [0.29, 0.717) is 38.9 Å². The van der Waals surface area contributed by atoms with Crippen molar-refractivity contribution in [1.82, 2.24) is 0 Å². The average Bonchev–Trinajstić information content (AvgIpc) is 3.91. The van der Waals surface area contributed by atoms with Crippen molar-refractivity contribution in [2.45, 2.75) is 105 Å². The van der Waals surface area contributed by atoms with Crippen LogP contribution >= 0.6 is 45.2 Å². The highest BCUT2D eigenvalue weighted by atomic mass is 127. The third kappa shape index (κ3) is 10.7. The Labute approximate surface area is 437 Å². The number of esters is 8. The van der Waals surface area contributed by atoms with E-state index in [1.807, 2.05) is 59.7 Å². The van der Waals surface area contributed by atoms with Gasteiger partial charge in [0, 0.05) is 7.14 Å². The number of carbonyl (C=O) groups excluding carboxylic acids is 8. The fourth-order valence-electron chi connectivity index (χ4n) is 8.21. The van der Waals surface area contributed by atoms with E-state index in [-0.39, 0.29) is 38.5 Å². The van der Waals surface area contributed by atoms with E-state index in [9.17, 15) is 43.5 Å². The van der Waals surface area contributed by atoms with Crippen LogP contribution in [0.15, 0.2) is 78.9 Å². The summed E-state index contributed by atoms with van der Waals surface area (Å²) in [7, 11) is 0. The molecule has 4 aliphatic heterocycles. The number of carbonyl (C=O) groups is 8. The van der Waals surface area contributed by atoms with E-state index >= 15 is 0 Å². The Morgan fingerprint density at radius 2 is 0.746 bits per heavy atom. The van der Waals surface area contributed by atoms with Gasteiger partial charge in [-0.2, -0.15) is 0 Å². The van der Waals surface area contributed by atoms with Gasteiger partial charge in [-0.15, -0.1) is 0 Å². The van der Waals surface area contributed by atoms with Crippen molar-refractivity contribution >= 4 is 114 Å². The van der Waals surface area contributed by atoms with Gasteiger partial charge in [-0.05, 0) is 171 Å². The number of phenolic OH excluding ortho intramolecular Hbond substituents is 1. The lowest BCUT2D eigenvalue weighted by atomic mass is 9.82. The minimum absolute atomic E-state index is 0.0321. The van der Waals surface area contributed by atoms with E-state index < -0.39 is 47.8 Å². The number of fused-ring (bicyclic) bond motifs is 6. The molecule has 366 valence electrons. The quantitative estimate of drug-likeness (QED) is 0.0497. The maximum Gasteiger partial charge on any atom is 0.347 e. The Kier molecular flexibility index (Phi) is 13.8. The number of cyclic esters (lactones) is 8. The maximum absolute atomic E-state index is 11.7. The Hall–Kier alpha value is -6.34. The fourth-order valence-corrected chi connectivity index (χ4v) is 9.67. The van der Waals surface area contributed by atoms with E-state index in [4.69, 9.17) is 0 Å². The van der Waals surface area contributed by atoms with Crippen LogP contribution < -0.4 is 0 Å². The second kappa shape index (κ2) is 18.7. The van der Waals surface area contributed by atoms with Crippen LogP contribution in [0.4, 0.5) is 0 Å². The molecule has 0 saturated carbocycles. The van der Waals surface area contributed by atoms with Gasteiger partial charge in [0.1, 0.15) is 5.75 Å². The molecule has 0 aromatic heterocycles. The van der Waals surface area contributed by atoms with Crippen LogP contribution in [0.25, 0.3) is 21.5 Å². The molecule has 15 heteroatoms. The third-order valence-electron chi connectivity index (χ3n) is 12.1. The van der Waals surface area contributed by atoms with Gasteiger partial charge in [0.05, 0.1) is 44.5 Å². The minimum atomic E-state index is -0.693. The Bertz CT molecular complexity index is 3270. The van der Waals surface area contributed by atoms with E-state index in [1.165, 1.54) is 17.7 Å². The molecule has 0 atom stereocenters. The van der Waals surface area contributed by atoms with Crippen LogP contribution in [0.2, 0.25) is 0 Å². The Morgan fingerprint density at radius 3 is 1.23 bits per heavy atom. The molecule has 0 saturated heterocycles. The van der Waals surface area contributed by atoms with Gasteiger partial charge in [0.2, 0.25) is 0 Å². The van der Waals surface area contributed by atoms with Crippen molar-refractivity contribution in [2.75, 3.05) is 0 Å². The predicted octanol–water partition coefficient (Wildman–Crippen LogP) is 12.4. The van der Waals surface area contributed by atoms with Crippen LogP contribution in [-0.2, 0) is 40.6 Å². The van der Waals surface area contributed by atoms with Gasteiger partial charge in [-0.3, -0.25) is 0 Å². The molecule has 6 aromatic carbocycles. The Morgan fingerprint density at radius 1 is 0.352 bits per heavy atom. The summed E-state index contributed by atoms with van der Waals surface area (Å²) in [5, 5.41) is 13.6. The first kappa shape index (κ1) is 52.5. The van der Waals surface area contributed by atoms with Gasteiger partial charge in [0.25, 0.3) is 0 Å². The first-order valence-electron chi connectivity index (χ1n) is 22.4. The summed E-state index contributed by atoms with van der Waals surface area (Å²) >= 11 is 4.20. The maximum atomic E-state index is 11.7. The normalized spacial score (nSPS) is 14.8. The summed E-state index contributed by atoms with van der Waals surface area (Å²) in [5.74, 6) is -4.62. The molecule has 71 heavy (non-hydrogen) atoms. The predicted molar refractivity (Wildman–Crippen MR) is 282 cm³/mol. The second-order valence-electron chi connectivity index (χ2n) is 21.5. The number of benzene rings is 6. The first-order chi connectivity index (χ1) is 32.7. The first-order valence-corrected chi connectivity index (χ1v) is 24.5. The third-order valence-corrected chi connectivity index (χ3v) is 13.5. The van der Waals surface area contributed by atoms with Crippen molar-refractivity contribution in [2.24, 2.45) is 0 Å². The number of hydrogen-bond acceptors (Lipinski definition) is 13. The van der Waals surface area contributed by atoms with Crippen LogP contribution in [0.3, 0.4) is 0 Å². The molecule has 6 aromatic rings. The van der Waals surface area contributed by atoms with Gasteiger partial charge in [-0.1, -0.05) is 101 Å². The van der Waals surface area contributed by atoms with Gasteiger partial charge >= 0.3 is 47.8 Å². The lowest BCUT2D eigenvalue weighted by Gasteiger charge is -2.21.